The van der Waals surface area contributed by atoms with Gasteiger partial charge < -0.3 is 9.47 Å². The van der Waals surface area contributed by atoms with Gasteiger partial charge in [-0.15, -0.1) is 10.2 Å². The summed E-state index contributed by atoms with van der Waals surface area (Å²) in [6.07, 6.45) is 3.37. The van der Waals surface area contributed by atoms with Crippen LogP contribution in [-0.2, 0) is 11.3 Å². The first kappa shape index (κ1) is 18.2. The number of para-hydroxylation sites is 1. The number of nitrogens with zero attached hydrogens (tertiary/aromatic N) is 5. The first-order valence-corrected chi connectivity index (χ1v) is 10.6. The second kappa shape index (κ2) is 7.46. The summed E-state index contributed by atoms with van der Waals surface area (Å²) in [5.41, 5.74) is 2.77. The van der Waals surface area contributed by atoms with E-state index >= 15 is 0 Å². The molecule has 2 atom stereocenters. The molecular formula is C20H25N5OS. The maximum absolute atomic E-state index is 12.7. The zero-order chi connectivity index (χ0) is 19.0. The fraction of sp³-hybridized carbons (Fsp3) is 0.500. The lowest BCUT2D eigenvalue weighted by Gasteiger charge is -2.39. The van der Waals surface area contributed by atoms with Crippen molar-refractivity contribution >= 4 is 39.7 Å². The normalized spacial score (nSPS) is 20.5. The van der Waals surface area contributed by atoms with Crippen molar-refractivity contribution in [3.63, 3.8) is 0 Å². The van der Waals surface area contributed by atoms with Gasteiger partial charge in [-0.25, -0.2) is 4.98 Å². The lowest BCUT2D eigenvalue weighted by atomic mass is 9.98. The molecule has 0 spiro atoms. The molecule has 0 saturated carbocycles. The minimum Gasteiger partial charge on any atom is -0.337 e. The molecule has 3 aromatic rings. The van der Waals surface area contributed by atoms with E-state index in [0.29, 0.717) is 23.0 Å². The Morgan fingerprint density at radius 2 is 1.93 bits per heavy atom. The zero-order valence-corrected chi connectivity index (χ0v) is 16.9. The Morgan fingerprint density at radius 1 is 1.19 bits per heavy atom. The number of fused-ring (bicyclic) bond motifs is 3. The van der Waals surface area contributed by atoms with Crippen LogP contribution in [0, 0.1) is 0 Å². The van der Waals surface area contributed by atoms with Crippen LogP contribution in [0.15, 0.2) is 29.4 Å². The largest absolute Gasteiger partial charge is 0.337 e. The highest BCUT2D eigenvalue weighted by molar-refractivity contribution is 7.99. The molecule has 27 heavy (non-hydrogen) atoms. The van der Waals surface area contributed by atoms with Crippen LogP contribution >= 0.6 is 11.8 Å². The standard InChI is InChI=1S/C20H25N5OS/c1-4-24-16-11-6-5-10-15(16)18-19(24)21-20(23-22-18)27-12-17(26)25-13(2)8-7-9-14(25)3/h5-6,10-11,13-14H,4,7-9,12H2,1-3H3/t13-,14+. The number of hydrogen-bond acceptors (Lipinski definition) is 5. The number of hydrogen-bond donors (Lipinski definition) is 0. The summed E-state index contributed by atoms with van der Waals surface area (Å²) in [7, 11) is 0. The molecular weight excluding hydrogens is 358 g/mol. The molecule has 1 saturated heterocycles. The van der Waals surface area contributed by atoms with Gasteiger partial charge in [-0.05, 0) is 46.1 Å². The quantitative estimate of drug-likeness (QED) is 0.640. The topological polar surface area (TPSA) is 63.9 Å². The third-order valence-electron chi connectivity index (χ3n) is 5.48. The lowest BCUT2D eigenvalue weighted by molar-refractivity contribution is -0.134. The van der Waals surface area contributed by atoms with Crippen LogP contribution in [0.1, 0.15) is 40.0 Å². The first-order chi connectivity index (χ1) is 13.1. The predicted octanol–water partition coefficient (Wildman–Crippen LogP) is 3.88. The van der Waals surface area contributed by atoms with E-state index in [2.05, 4.69) is 47.7 Å². The highest BCUT2D eigenvalue weighted by Crippen LogP contribution is 2.28. The average Bonchev–Trinajstić information content (AvgIpc) is 2.99. The smallest absolute Gasteiger partial charge is 0.233 e. The highest BCUT2D eigenvalue weighted by atomic mass is 32.2. The fourth-order valence-electron chi connectivity index (χ4n) is 4.18. The van der Waals surface area contributed by atoms with Crippen molar-refractivity contribution in [1.82, 2.24) is 24.6 Å². The van der Waals surface area contributed by atoms with Gasteiger partial charge in [-0.3, -0.25) is 4.79 Å². The Bertz CT molecular complexity index is 975. The maximum Gasteiger partial charge on any atom is 0.233 e. The van der Waals surface area contributed by atoms with Gasteiger partial charge in [0.1, 0.15) is 5.52 Å². The van der Waals surface area contributed by atoms with Gasteiger partial charge in [0.25, 0.3) is 0 Å². The number of aryl methyl sites for hydroxylation is 1. The molecule has 0 aliphatic carbocycles. The molecule has 1 aliphatic heterocycles. The van der Waals surface area contributed by atoms with Crippen molar-refractivity contribution in [2.24, 2.45) is 0 Å². The molecule has 0 unspecified atom stereocenters. The van der Waals surface area contributed by atoms with Crippen LogP contribution in [0.2, 0.25) is 0 Å². The number of benzene rings is 1. The van der Waals surface area contributed by atoms with Crippen molar-refractivity contribution in [3.05, 3.63) is 24.3 Å². The van der Waals surface area contributed by atoms with E-state index in [9.17, 15) is 4.79 Å². The van der Waals surface area contributed by atoms with Gasteiger partial charge in [0.2, 0.25) is 11.1 Å². The second-order valence-corrected chi connectivity index (χ2v) is 8.19. The Morgan fingerprint density at radius 3 is 2.67 bits per heavy atom. The molecule has 2 aromatic heterocycles. The minimum atomic E-state index is 0.166. The lowest BCUT2D eigenvalue weighted by Crippen LogP contribution is -2.48. The van der Waals surface area contributed by atoms with Gasteiger partial charge in [-0.1, -0.05) is 30.0 Å². The minimum absolute atomic E-state index is 0.166. The Hall–Kier alpha value is -2.15. The maximum atomic E-state index is 12.7. The molecule has 1 aliphatic rings. The summed E-state index contributed by atoms with van der Waals surface area (Å²) < 4.78 is 2.15. The van der Waals surface area contributed by atoms with Crippen LogP contribution in [0.25, 0.3) is 22.1 Å². The van der Waals surface area contributed by atoms with Crippen molar-refractivity contribution in [3.8, 4) is 0 Å². The van der Waals surface area contributed by atoms with Gasteiger partial charge in [0.05, 0.1) is 11.3 Å². The molecule has 6 nitrogen and oxygen atoms in total. The Labute approximate surface area is 163 Å². The van der Waals surface area contributed by atoms with Crippen molar-refractivity contribution in [2.45, 2.75) is 63.8 Å². The number of amides is 1. The van der Waals surface area contributed by atoms with E-state index in [1.165, 1.54) is 18.2 Å². The number of carbonyl (C=O) groups excluding carboxylic acids is 1. The number of rotatable bonds is 4. The molecule has 1 aromatic carbocycles. The first-order valence-electron chi connectivity index (χ1n) is 9.65. The molecule has 142 valence electrons. The average molecular weight is 384 g/mol. The van der Waals surface area contributed by atoms with Crippen molar-refractivity contribution < 1.29 is 4.79 Å². The molecule has 3 heterocycles. The fourth-order valence-corrected chi connectivity index (χ4v) is 4.84. The summed E-state index contributed by atoms with van der Waals surface area (Å²) in [5.74, 6) is 0.522. The van der Waals surface area contributed by atoms with Crippen LogP contribution in [0.4, 0.5) is 0 Å². The molecule has 1 amide bonds. The Kier molecular flexibility index (Phi) is 5.04. The van der Waals surface area contributed by atoms with Crippen molar-refractivity contribution in [1.29, 1.82) is 0 Å². The molecule has 4 rings (SSSR count). The van der Waals surface area contributed by atoms with Gasteiger partial charge in [-0.2, -0.15) is 0 Å². The van der Waals surface area contributed by atoms with Gasteiger partial charge in [0.15, 0.2) is 5.65 Å². The summed E-state index contributed by atoms with van der Waals surface area (Å²) in [5, 5.41) is 10.3. The van der Waals surface area contributed by atoms with Crippen LogP contribution in [0.5, 0.6) is 0 Å². The monoisotopic (exact) mass is 383 g/mol. The number of likely N-dealkylation sites (tertiary alicyclic amines) is 1. The SMILES string of the molecule is CCn1c2ccccc2c2nnc(SCC(=O)N3[C@H](C)CCC[C@@H]3C)nc21. The molecule has 0 radical (unpaired) electrons. The molecule has 0 bridgehead atoms. The van der Waals surface area contributed by atoms with Crippen LogP contribution < -0.4 is 0 Å². The Balaban J connectivity index is 1.58. The van der Waals surface area contributed by atoms with E-state index in [1.54, 1.807) is 0 Å². The summed E-state index contributed by atoms with van der Waals surface area (Å²) in [6.45, 7) is 7.20. The van der Waals surface area contributed by atoms with Gasteiger partial charge in [0, 0.05) is 24.0 Å². The van der Waals surface area contributed by atoms with Crippen molar-refractivity contribution in [2.75, 3.05) is 5.75 Å². The molecule has 7 heteroatoms. The van der Waals surface area contributed by atoms with E-state index in [4.69, 9.17) is 4.98 Å². The van der Waals surface area contributed by atoms with Gasteiger partial charge >= 0.3 is 0 Å². The number of aromatic nitrogens is 4. The van der Waals surface area contributed by atoms with E-state index in [1.807, 2.05) is 17.0 Å². The van der Waals surface area contributed by atoms with Crippen LogP contribution in [0.3, 0.4) is 0 Å². The molecule has 1 fully saturated rings. The number of carbonyl (C=O) groups is 1. The zero-order valence-electron chi connectivity index (χ0n) is 16.1. The summed E-state index contributed by atoms with van der Waals surface area (Å²) in [6, 6.07) is 8.78. The summed E-state index contributed by atoms with van der Waals surface area (Å²) in [4.78, 5) is 19.5. The van der Waals surface area contributed by atoms with E-state index in [-0.39, 0.29) is 5.91 Å². The predicted molar refractivity (Wildman–Crippen MR) is 109 cm³/mol. The third kappa shape index (κ3) is 3.29. The number of piperidine rings is 1. The second-order valence-electron chi connectivity index (χ2n) is 7.25. The van der Waals surface area contributed by atoms with E-state index < -0.39 is 0 Å². The third-order valence-corrected chi connectivity index (χ3v) is 6.30. The summed E-state index contributed by atoms with van der Waals surface area (Å²) >= 11 is 1.38. The highest BCUT2D eigenvalue weighted by Gasteiger charge is 2.28. The van der Waals surface area contributed by atoms with E-state index in [0.717, 1.165) is 41.5 Å². The van der Waals surface area contributed by atoms with Crippen LogP contribution in [-0.4, -0.2) is 48.4 Å². The number of thioether (sulfide) groups is 1. The molecule has 0 N–H and O–H groups in total.